The first-order valence-corrected chi connectivity index (χ1v) is 6.40. The van der Waals surface area contributed by atoms with Crippen molar-refractivity contribution in [3.05, 3.63) is 33.8 Å². The minimum absolute atomic E-state index is 0.0278. The summed E-state index contributed by atoms with van der Waals surface area (Å²) in [6.07, 6.45) is 0. The highest BCUT2D eigenvalue weighted by Crippen LogP contribution is 2.21. The molecule has 18 heavy (non-hydrogen) atoms. The summed E-state index contributed by atoms with van der Waals surface area (Å²) in [6.45, 7) is 2.78. The van der Waals surface area contributed by atoms with Crippen LogP contribution in [0, 0.1) is 11.6 Å². The van der Waals surface area contributed by atoms with Crippen LogP contribution in [0.1, 0.15) is 10.4 Å². The van der Waals surface area contributed by atoms with Crippen molar-refractivity contribution in [3.63, 3.8) is 0 Å². The first-order chi connectivity index (χ1) is 8.49. The standard InChI is InChI=1S/C12H13BrF2N2O/c1-16-2-4-17(5-3-16)12(18)8-6-9(13)11(15)10(14)7-8/h6-7H,2-5H2,1H3. The Morgan fingerprint density at radius 3 is 2.39 bits per heavy atom. The topological polar surface area (TPSA) is 23.6 Å². The Hall–Kier alpha value is -1.01. The van der Waals surface area contributed by atoms with Crippen LogP contribution in [0.15, 0.2) is 16.6 Å². The fraction of sp³-hybridized carbons (Fsp3) is 0.417. The van der Waals surface area contributed by atoms with E-state index < -0.39 is 11.6 Å². The molecule has 0 radical (unpaired) electrons. The Balaban J connectivity index is 2.19. The number of halogens is 3. The number of nitrogens with zero attached hydrogens (tertiary/aromatic N) is 2. The maximum Gasteiger partial charge on any atom is 0.254 e. The average molecular weight is 319 g/mol. The molecule has 0 spiro atoms. The van der Waals surface area contributed by atoms with Gasteiger partial charge in [-0.25, -0.2) is 8.78 Å². The van der Waals surface area contributed by atoms with Crippen molar-refractivity contribution in [1.82, 2.24) is 9.80 Å². The monoisotopic (exact) mass is 318 g/mol. The molecule has 1 aromatic carbocycles. The number of amides is 1. The van der Waals surface area contributed by atoms with E-state index >= 15 is 0 Å². The van der Waals surface area contributed by atoms with E-state index in [1.165, 1.54) is 6.07 Å². The highest BCUT2D eigenvalue weighted by Gasteiger charge is 2.22. The summed E-state index contributed by atoms with van der Waals surface area (Å²) in [5.41, 5.74) is 0.172. The zero-order chi connectivity index (χ0) is 13.3. The normalized spacial score (nSPS) is 17.0. The molecule has 0 N–H and O–H groups in total. The van der Waals surface area contributed by atoms with Crippen LogP contribution in [0.25, 0.3) is 0 Å². The van der Waals surface area contributed by atoms with Gasteiger partial charge in [0.1, 0.15) is 0 Å². The predicted octanol–water partition coefficient (Wildman–Crippen LogP) is 2.11. The number of piperazine rings is 1. The highest BCUT2D eigenvalue weighted by atomic mass is 79.9. The van der Waals surface area contributed by atoms with E-state index in [9.17, 15) is 13.6 Å². The quantitative estimate of drug-likeness (QED) is 0.740. The summed E-state index contributed by atoms with van der Waals surface area (Å²) in [4.78, 5) is 15.9. The first kappa shape index (κ1) is 13.4. The summed E-state index contributed by atoms with van der Waals surface area (Å²) in [7, 11) is 1.98. The molecular weight excluding hydrogens is 306 g/mol. The van der Waals surface area contributed by atoms with E-state index in [2.05, 4.69) is 20.8 Å². The van der Waals surface area contributed by atoms with Crippen LogP contribution in [0.4, 0.5) is 8.78 Å². The lowest BCUT2D eigenvalue weighted by atomic mass is 10.1. The van der Waals surface area contributed by atoms with Crippen molar-refractivity contribution >= 4 is 21.8 Å². The Morgan fingerprint density at radius 2 is 1.83 bits per heavy atom. The molecule has 1 heterocycles. The highest BCUT2D eigenvalue weighted by molar-refractivity contribution is 9.10. The lowest BCUT2D eigenvalue weighted by Gasteiger charge is -2.32. The summed E-state index contributed by atoms with van der Waals surface area (Å²) < 4.78 is 26.3. The SMILES string of the molecule is CN1CCN(C(=O)c2cc(F)c(F)c(Br)c2)CC1. The van der Waals surface area contributed by atoms with Gasteiger partial charge < -0.3 is 9.80 Å². The largest absolute Gasteiger partial charge is 0.336 e. The summed E-state index contributed by atoms with van der Waals surface area (Å²) in [5, 5.41) is 0. The third-order valence-electron chi connectivity index (χ3n) is 3.02. The molecule has 1 saturated heterocycles. The Morgan fingerprint density at radius 1 is 1.22 bits per heavy atom. The molecule has 98 valence electrons. The molecule has 6 heteroatoms. The number of hydrogen-bond acceptors (Lipinski definition) is 2. The fourth-order valence-corrected chi connectivity index (χ4v) is 2.31. The number of likely N-dealkylation sites (N-methyl/N-ethyl adjacent to an activating group) is 1. The third kappa shape index (κ3) is 2.70. The number of benzene rings is 1. The Labute approximate surface area is 112 Å². The van der Waals surface area contributed by atoms with E-state index in [1.807, 2.05) is 7.05 Å². The molecule has 1 aliphatic heterocycles. The van der Waals surface area contributed by atoms with E-state index in [0.29, 0.717) is 13.1 Å². The van der Waals surface area contributed by atoms with Crippen LogP contribution in [0.5, 0.6) is 0 Å². The fourth-order valence-electron chi connectivity index (χ4n) is 1.87. The molecule has 1 fully saturated rings. The summed E-state index contributed by atoms with van der Waals surface area (Å²) >= 11 is 2.90. The second-order valence-corrected chi connectivity index (χ2v) is 5.20. The molecule has 1 aromatic rings. The third-order valence-corrected chi connectivity index (χ3v) is 3.60. The van der Waals surface area contributed by atoms with Crippen molar-refractivity contribution < 1.29 is 13.6 Å². The number of carbonyl (C=O) groups excluding carboxylic acids is 1. The Bertz CT molecular complexity index is 450. The number of rotatable bonds is 1. The van der Waals surface area contributed by atoms with Crippen LogP contribution in [0.2, 0.25) is 0 Å². The molecule has 2 rings (SSSR count). The van der Waals surface area contributed by atoms with E-state index in [4.69, 9.17) is 0 Å². The van der Waals surface area contributed by atoms with E-state index in [-0.39, 0.29) is 15.9 Å². The van der Waals surface area contributed by atoms with Crippen molar-refractivity contribution in [2.45, 2.75) is 0 Å². The van der Waals surface area contributed by atoms with Crippen molar-refractivity contribution in [3.8, 4) is 0 Å². The van der Waals surface area contributed by atoms with Crippen LogP contribution in [-0.2, 0) is 0 Å². The number of hydrogen-bond donors (Lipinski definition) is 0. The maximum absolute atomic E-state index is 13.2. The molecule has 0 aromatic heterocycles. The van der Waals surface area contributed by atoms with Gasteiger partial charge in [0.25, 0.3) is 5.91 Å². The minimum Gasteiger partial charge on any atom is -0.336 e. The Kier molecular flexibility index (Phi) is 3.97. The maximum atomic E-state index is 13.2. The molecule has 0 unspecified atom stereocenters. The van der Waals surface area contributed by atoms with Gasteiger partial charge in [0.15, 0.2) is 11.6 Å². The first-order valence-electron chi connectivity index (χ1n) is 5.61. The molecule has 0 aliphatic carbocycles. The van der Waals surface area contributed by atoms with Gasteiger partial charge in [-0.05, 0) is 35.1 Å². The molecule has 1 aliphatic rings. The summed E-state index contributed by atoms with van der Waals surface area (Å²) in [5.74, 6) is -2.24. The molecule has 0 bridgehead atoms. The predicted molar refractivity (Wildman–Crippen MR) is 67.5 cm³/mol. The van der Waals surface area contributed by atoms with Gasteiger partial charge in [-0.2, -0.15) is 0 Å². The van der Waals surface area contributed by atoms with Crippen LogP contribution in [0.3, 0.4) is 0 Å². The van der Waals surface area contributed by atoms with E-state index in [1.54, 1.807) is 4.90 Å². The van der Waals surface area contributed by atoms with Gasteiger partial charge in [0, 0.05) is 31.7 Å². The van der Waals surface area contributed by atoms with Gasteiger partial charge in [-0.3, -0.25) is 4.79 Å². The zero-order valence-electron chi connectivity index (χ0n) is 9.92. The smallest absolute Gasteiger partial charge is 0.254 e. The molecule has 0 atom stereocenters. The number of carbonyl (C=O) groups is 1. The molecular formula is C12H13BrF2N2O. The van der Waals surface area contributed by atoms with Gasteiger partial charge >= 0.3 is 0 Å². The second-order valence-electron chi connectivity index (χ2n) is 4.35. The van der Waals surface area contributed by atoms with Crippen molar-refractivity contribution in [1.29, 1.82) is 0 Å². The van der Waals surface area contributed by atoms with Gasteiger partial charge in [0.2, 0.25) is 0 Å². The van der Waals surface area contributed by atoms with Crippen molar-refractivity contribution in [2.24, 2.45) is 0 Å². The van der Waals surface area contributed by atoms with Crippen LogP contribution < -0.4 is 0 Å². The molecule has 0 saturated carbocycles. The van der Waals surface area contributed by atoms with E-state index in [0.717, 1.165) is 19.2 Å². The minimum atomic E-state index is -1.01. The average Bonchev–Trinajstić information content (AvgIpc) is 2.35. The molecule has 3 nitrogen and oxygen atoms in total. The lowest BCUT2D eigenvalue weighted by Crippen LogP contribution is -2.47. The molecule has 1 amide bonds. The van der Waals surface area contributed by atoms with Gasteiger partial charge in [0.05, 0.1) is 4.47 Å². The second kappa shape index (κ2) is 5.32. The van der Waals surface area contributed by atoms with Crippen LogP contribution >= 0.6 is 15.9 Å². The van der Waals surface area contributed by atoms with Crippen LogP contribution in [-0.4, -0.2) is 48.9 Å². The summed E-state index contributed by atoms with van der Waals surface area (Å²) in [6, 6.07) is 2.26. The zero-order valence-corrected chi connectivity index (χ0v) is 11.5. The lowest BCUT2D eigenvalue weighted by molar-refractivity contribution is 0.0663. The van der Waals surface area contributed by atoms with Gasteiger partial charge in [-0.15, -0.1) is 0 Å². The van der Waals surface area contributed by atoms with Gasteiger partial charge in [-0.1, -0.05) is 0 Å². The van der Waals surface area contributed by atoms with Crippen molar-refractivity contribution in [2.75, 3.05) is 33.2 Å².